The van der Waals surface area contributed by atoms with Gasteiger partial charge in [-0.15, -0.1) is 0 Å². The van der Waals surface area contributed by atoms with E-state index in [1.165, 1.54) is 0 Å². The molecule has 2 amide bonds. The number of benzene rings is 2. The van der Waals surface area contributed by atoms with E-state index in [0.29, 0.717) is 12.8 Å². The number of amides is 2. The second kappa shape index (κ2) is 10.8. The van der Waals surface area contributed by atoms with Crippen LogP contribution in [0.2, 0.25) is 0 Å². The first kappa shape index (κ1) is 23.3. The predicted octanol–water partition coefficient (Wildman–Crippen LogP) is 4.06. The van der Waals surface area contributed by atoms with Gasteiger partial charge < -0.3 is 20.5 Å². The maximum Gasteiger partial charge on any atom is 0.407 e. The van der Waals surface area contributed by atoms with Crippen LogP contribution in [0.5, 0.6) is 0 Å². The third-order valence-corrected chi connectivity index (χ3v) is 5.77. The van der Waals surface area contributed by atoms with E-state index in [0.717, 1.165) is 28.7 Å². The molecule has 0 heterocycles. The number of nitrogens with one attached hydrogen (secondary N) is 2. The van der Waals surface area contributed by atoms with Crippen molar-refractivity contribution in [3.8, 4) is 11.1 Å². The van der Waals surface area contributed by atoms with E-state index in [4.69, 9.17) is 9.84 Å². The highest BCUT2D eigenvalue weighted by atomic mass is 16.5. The van der Waals surface area contributed by atoms with Crippen LogP contribution < -0.4 is 10.6 Å². The lowest BCUT2D eigenvalue weighted by Gasteiger charge is -2.22. The fourth-order valence-electron chi connectivity index (χ4n) is 4.22. The van der Waals surface area contributed by atoms with E-state index in [9.17, 15) is 14.4 Å². The molecule has 0 unspecified atom stereocenters. The molecule has 3 N–H and O–H groups in total. The summed E-state index contributed by atoms with van der Waals surface area (Å²) in [4.78, 5) is 36.1. The van der Waals surface area contributed by atoms with Crippen LogP contribution in [0.4, 0.5) is 4.79 Å². The first-order valence-electron chi connectivity index (χ1n) is 11.1. The molecular weight excluding hydrogens is 408 g/mol. The molecule has 3 rings (SSSR count). The monoisotopic (exact) mass is 438 g/mol. The van der Waals surface area contributed by atoms with E-state index in [-0.39, 0.29) is 18.9 Å². The summed E-state index contributed by atoms with van der Waals surface area (Å²) in [6.07, 6.45) is 0.844. The number of hydrogen-bond donors (Lipinski definition) is 3. The summed E-state index contributed by atoms with van der Waals surface area (Å²) in [6.45, 7) is 3.86. The van der Waals surface area contributed by atoms with Crippen molar-refractivity contribution in [3.05, 3.63) is 59.7 Å². The molecule has 0 aliphatic heterocycles. The number of fused-ring (bicyclic) bond motifs is 3. The second-order valence-electron chi connectivity index (χ2n) is 8.02. The minimum Gasteiger partial charge on any atom is -0.481 e. The quantitative estimate of drug-likeness (QED) is 0.519. The number of aliphatic carboxylic acids is 1. The Morgan fingerprint density at radius 3 is 2.09 bits per heavy atom. The molecule has 0 radical (unpaired) electrons. The first-order chi connectivity index (χ1) is 15.4. The molecule has 0 aromatic heterocycles. The molecule has 2 aromatic rings. The fourth-order valence-corrected chi connectivity index (χ4v) is 4.22. The van der Waals surface area contributed by atoms with Crippen LogP contribution in [-0.2, 0) is 14.3 Å². The van der Waals surface area contributed by atoms with Crippen LogP contribution in [0, 0.1) is 0 Å². The van der Waals surface area contributed by atoms with E-state index in [1.54, 1.807) is 6.92 Å². The highest BCUT2D eigenvalue weighted by Gasteiger charge is 2.30. The summed E-state index contributed by atoms with van der Waals surface area (Å²) >= 11 is 0. The predicted molar refractivity (Wildman–Crippen MR) is 121 cm³/mol. The van der Waals surface area contributed by atoms with Gasteiger partial charge in [-0.05, 0) is 35.1 Å². The fraction of sp³-hybridized carbons (Fsp3) is 0.400. The Labute approximate surface area is 188 Å². The third kappa shape index (κ3) is 5.46. The number of hydrogen-bond acceptors (Lipinski definition) is 4. The highest BCUT2D eigenvalue weighted by molar-refractivity contribution is 5.86. The van der Waals surface area contributed by atoms with Crippen molar-refractivity contribution in [1.29, 1.82) is 0 Å². The van der Waals surface area contributed by atoms with Gasteiger partial charge in [0.1, 0.15) is 12.6 Å². The van der Waals surface area contributed by atoms with E-state index >= 15 is 0 Å². The second-order valence-corrected chi connectivity index (χ2v) is 8.02. The van der Waals surface area contributed by atoms with Crippen molar-refractivity contribution in [3.63, 3.8) is 0 Å². The van der Waals surface area contributed by atoms with Gasteiger partial charge >= 0.3 is 12.1 Å². The summed E-state index contributed by atoms with van der Waals surface area (Å²) in [7, 11) is 0. The maximum atomic E-state index is 12.6. The van der Waals surface area contributed by atoms with Crippen LogP contribution in [0.1, 0.15) is 56.6 Å². The largest absolute Gasteiger partial charge is 0.481 e. The van der Waals surface area contributed by atoms with Gasteiger partial charge in [-0.2, -0.15) is 0 Å². The maximum absolute atomic E-state index is 12.6. The smallest absolute Gasteiger partial charge is 0.407 e. The van der Waals surface area contributed by atoms with Crippen LogP contribution in [0.3, 0.4) is 0 Å². The van der Waals surface area contributed by atoms with Crippen molar-refractivity contribution >= 4 is 18.0 Å². The number of carboxylic acid groups (broad SMARTS) is 1. The van der Waals surface area contributed by atoms with Gasteiger partial charge in [-0.25, -0.2) is 4.79 Å². The zero-order chi connectivity index (χ0) is 23.1. The molecule has 1 aliphatic rings. The Hall–Kier alpha value is -3.35. The number of carbonyl (C=O) groups excluding carboxylic acids is 2. The van der Waals surface area contributed by atoms with Crippen LogP contribution in [0.15, 0.2) is 48.5 Å². The first-order valence-corrected chi connectivity index (χ1v) is 11.1. The number of alkyl carbamates (subject to hydrolysis) is 1. The molecule has 2 aromatic carbocycles. The van der Waals surface area contributed by atoms with Crippen molar-refractivity contribution in [2.24, 2.45) is 0 Å². The molecule has 1 aliphatic carbocycles. The third-order valence-electron chi connectivity index (χ3n) is 5.77. The minimum atomic E-state index is -0.971. The highest BCUT2D eigenvalue weighted by Crippen LogP contribution is 2.44. The van der Waals surface area contributed by atoms with Crippen LogP contribution in [0.25, 0.3) is 11.1 Å². The molecule has 0 spiro atoms. The zero-order valence-corrected chi connectivity index (χ0v) is 18.5. The zero-order valence-electron chi connectivity index (χ0n) is 18.5. The molecule has 0 fully saturated rings. The van der Waals surface area contributed by atoms with Gasteiger partial charge in [-0.1, -0.05) is 68.8 Å². The summed E-state index contributed by atoms with van der Waals surface area (Å²) in [5, 5.41) is 14.4. The number of rotatable bonds is 10. The standard InChI is InChI=1S/C25H30N2O5/c1-3-9-16(14-23(28)29)26-24(30)22(4-2)27-25(31)32-15-21-19-12-7-5-10-17(19)18-11-6-8-13-20(18)21/h5-8,10-13,16,21-22H,3-4,9,14-15H2,1-2H3,(H,26,30)(H,27,31)(H,28,29)/t16-,22+/m0/s1. The average Bonchev–Trinajstić information content (AvgIpc) is 3.09. The van der Waals surface area contributed by atoms with Crippen LogP contribution >= 0.6 is 0 Å². The molecule has 7 nitrogen and oxygen atoms in total. The molecule has 32 heavy (non-hydrogen) atoms. The van der Waals surface area contributed by atoms with Gasteiger partial charge in [0.25, 0.3) is 0 Å². The number of carboxylic acids is 1. The molecule has 0 bridgehead atoms. The summed E-state index contributed by atoms with van der Waals surface area (Å²) in [5.41, 5.74) is 4.51. The van der Waals surface area contributed by atoms with Gasteiger partial charge in [0.05, 0.1) is 6.42 Å². The van der Waals surface area contributed by atoms with Gasteiger partial charge in [0.2, 0.25) is 5.91 Å². The Balaban J connectivity index is 1.60. The average molecular weight is 439 g/mol. The van der Waals surface area contributed by atoms with Crippen LogP contribution in [-0.4, -0.2) is 41.8 Å². The summed E-state index contributed by atoms with van der Waals surface area (Å²) in [5.74, 6) is -1.44. The number of ether oxygens (including phenoxy) is 1. The Morgan fingerprint density at radius 2 is 1.56 bits per heavy atom. The van der Waals surface area contributed by atoms with Crippen molar-refractivity contribution in [1.82, 2.24) is 10.6 Å². The van der Waals surface area contributed by atoms with Gasteiger partial charge in [0.15, 0.2) is 0 Å². The SMILES string of the molecule is CCC[C@@H](CC(=O)O)NC(=O)[C@@H](CC)NC(=O)OCC1c2ccccc2-c2ccccc21. The summed E-state index contributed by atoms with van der Waals surface area (Å²) < 4.78 is 5.52. The van der Waals surface area contributed by atoms with E-state index < -0.39 is 30.1 Å². The Morgan fingerprint density at radius 1 is 0.969 bits per heavy atom. The lowest BCUT2D eigenvalue weighted by atomic mass is 9.98. The Bertz CT molecular complexity index is 929. The van der Waals surface area contributed by atoms with Crippen molar-refractivity contribution in [2.75, 3.05) is 6.61 Å². The molecule has 2 atom stereocenters. The molecule has 0 saturated heterocycles. The molecule has 7 heteroatoms. The van der Waals surface area contributed by atoms with Crippen molar-refractivity contribution in [2.45, 2.75) is 57.5 Å². The van der Waals surface area contributed by atoms with E-state index in [1.807, 2.05) is 43.3 Å². The van der Waals surface area contributed by atoms with Gasteiger partial charge in [0, 0.05) is 12.0 Å². The van der Waals surface area contributed by atoms with Crippen molar-refractivity contribution < 1.29 is 24.2 Å². The topological polar surface area (TPSA) is 105 Å². The molecular formula is C25H30N2O5. The lowest BCUT2D eigenvalue weighted by molar-refractivity contribution is -0.137. The summed E-state index contributed by atoms with van der Waals surface area (Å²) in [6, 6.07) is 14.9. The Kier molecular flexibility index (Phi) is 7.87. The van der Waals surface area contributed by atoms with E-state index in [2.05, 4.69) is 22.8 Å². The number of carbonyl (C=O) groups is 3. The minimum absolute atomic E-state index is 0.0634. The normalized spacial score (nSPS) is 14.1. The molecule has 170 valence electrons. The van der Waals surface area contributed by atoms with Gasteiger partial charge in [-0.3, -0.25) is 9.59 Å². The molecule has 0 saturated carbocycles. The lowest BCUT2D eigenvalue weighted by Crippen LogP contribution is -2.50.